The third kappa shape index (κ3) is 4.09. The molecular weight excluding hydrogens is 434 g/mol. The van der Waals surface area contributed by atoms with Gasteiger partial charge in [-0.1, -0.05) is 24.3 Å². The maximum atomic E-state index is 13.0. The largest absolute Gasteiger partial charge is 0.336 e. The fraction of sp³-hybridized carbons (Fsp3) is 0.276. The molecule has 6 heteroatoms. The van der Waals surface area contributed by atoms with E-state index in [0.29, 0.717) is 11.5 Å². The molecule has 1 saturated heterocycles. The Hall–Kier alpha value is -3.95. The van der Waals surface area contributed by atoms with Gasteiger partial charge in [-0.25, -0.2) is 4.98 Å². The number of carbonyl (C=O) groups excluding carboxylic acids is 1. The van der Waals surface area contributed by atoms with Crippen LogP contribution in [0.15, 0.2) is 67.0 Å². The topological polar surface area (TPSA) is 64.6 Å². The zero-order valence-corrected chi connectivity index (χ0v) is 19.8. The van der Waals surface area contributed by atoms with Crippen molar-refractivity contribution < 1.29 is 4.79 Å². The number of hydrogen-bond donors (Lipinski definition) is 0. The Bertz CT molecular complexity index is 1430. The van der Waals surface area contributed by atoms with Gasteiger partial charge in [0.25, 0.3) is 5.91 Å². The van der Waals surface area contributed by atoms with E-state index >= 15 is 0 Å². The second-order valence-corrected chi connectivity index (χ2v) is 9.66. The van der Waals surface area contributed by atoms with Crippen molar-refractivity contribution in [3.8, 4) is 28.5 Å². The van der Waals surface area contributed by atoms with Gasteiger partial charge in [0.1, 0.15) is 5.65 Å². The van der Waals surface area contributed by atoms with Crippen molar-refractivity contribution in [1.29, 1.82) is 5.26 Å². The summed E-state index contributed by atoms with van der Waals surface area (Å²) in [7, 11) is 2.09. The van der Waals surface area contributed by atoms with E-state index < -0.39 is 0 Å². The number of amides is 1. The molecule has 1 saturated carbocycles. The Morgan fingerprint density at radius 2 is 1.63 bits per heavy atom. The van der Waals surface area contributed by atoms with Gasteiger partial charge in [0.2, 0.25) is 0 Å². The SMILES string of the molecule is CN1CCN(C(=O)c2ccc(-c3cc(C4CC4)c4ncc(-c5ccc(C#N)cc5)n4c3)cc2)CC1. The van der Waals surface area contributed by atoms with E-state index in [-0.39, 0.29) is 5.91 Å². The molecule has 2 aromatic heterocycles. The molecule has 0 N–H and O–H groups in total. The van der Waals surface area contributed by atoms with Crippen molar-refractivity contribution in [2.75, 3.05) is 33.2 Å². The summed E-state index contributed by atoms with van der Waals surface area (Å²) in [6.07, 6.45) is 6.44. The minimum absolute atomic E-state index is 0.108. The normalized spacial score (nSPS) is 16.4. The first kappa shape index (κ1) is 21.6. The number of nitriles is 1. The van der Waals surface area contributed by atoms with Crippen LogP contribution < -0.4 is 0 Å². The number of piperazine rings is 1. The number of rotatable bonds is 4. The van der Waals surface area contributed by atoms with Crippen LogP contribution in [0.2, 0.25) is 0 Å². The van der Waals surface area contributed by atoms with Gasteiger partial charge in [0.05, 0.1) is 23.5 Å². The van der Waals surface area contributed by atoms with Crippen molar-refractivity contribution in [2.24, 2.45) is 0 Å². The number of hydrogen-bond acceptors (Lipinski definition) is 4. The fourth-order valence-electron chi connectivity index (χ4n) is 4.89. The van der Waals surface area contributed by atoms with Crippen molar-refractivity contribution in [2.45, 2.75) is 18.8 Å². The molecule has 1 aliphatic carbocycles. The summed E-state index contributed by atoms with van der Waals surface area (Å²) < 4.78 is 2.17. The molecule has 2 fully saturated rings. The smallest absolute Gasteiger partial charge is 0.253 e. The average Bonchev–Trinajstić information content (AvgIpc) is 3.67. The molecular formula is C29H27N5O. The van der Waals surface area contributed by atoms with Gasteiger partial charge < -0.3 is 9.80 Å². The van der Waals surface area contributed by atoms with Crippen LogP contribution in [0.1, 0.15) is 40.2 Å². The van der Waals surface area contributed by atoms with Gasteiger partial charge in [-0.15, -0.1) is 0 Å². The van der Waals surface area contributed by atoms with Crippen LogP contribution in [-0.4, -0.2) is 58.3 Å². The quantitative estimate of drug-likeness (QED) is 0.438. The molecule has 6 rings (SSSR count). The van der Waals surface area contributed by atoms with Gasteiger partial charge in [0, 0.05) is 43.5 Å². The van der Waals surface area contributed by atoms with Crippen LogP contribution in [0.5, 0.6) is 0 Å². The second-order valence-electron chi connectivity index (χ2n) is 9.66. The molecule has 0 spiro atoms. The summed E-state index contributed by atoms with van der Waals surface area (Å²) in [5.41, 5.74) is 7.90. The van der Waals surface area contributed by atoms with Gasteiger partial charge in [0.15, 0.2) is 0 Å². The number of benzene rings is 2. The Kier molecular flexibility index (Phi) is 5.35. The third-order valence-corrected chi connectivity index (χ3v) is 7.22. The van der Waals surface area contributed by atoms with Crippen LogP contribution in [0, 0.1) is 11.3 Å². The van der Waals surface area contributed by atoms with Crippen LogP contribution in [0.3, 0.4) is 0 Å². The average molecular weight is 462 g/mol. The van der Waals surface area contributed by atoms with E-state index in [2.05, 4.69) is 46.8 Å². The van der Waals surface area contributed by atoms with Gasteiger partial charge in [-0.05, 0) is 72.8 Å². The zero-order valence-electron chi connectivity index (χ0n) is 19.8. The van der Waals surface area contributed by atoms with Crippen molar-refractivity contribution >= 4 is 11.6 Å². The van der Waals surface area contributed by atoms with Crippen molar-refractivity contribution in [3.05, 3.63) is 83.7 Å². The van der Waals surface area contributed by atoms with Gasteiger partial charge in [-0.3, -0.25) is 9.20 Å². The number of fused-ring (bicyclic) bond motifs is 1. The number of aromatic nitrogens is 2. The molecule has 35 heavy (non-hydrogen) atoms. The predicted molar refractivity (Wildman–Crippen MR) is 136 cm³/mol. The van der Waals surface area contributed by atoms with E-state index in [1.165, 1.54) is 18.4 Å². The van der Waals surface area contributed by atoms with E-state index in [1.54, 1.807) is 0 Å². The lowest BCUT2D eigenvalue weighted by Gasteiger charge is -2.32. The molecule has 0 unspecified atom stereocenters. The lowest BCUT2D eigenvalue weighted by Crippen LogP contribution is -2.47. The summed E-state index contributed by atoms with van der Waals surface area (Å²) >= 11 is 0. The summed E-state index contributed by atoms with van der Waals surface area (Å²) in [6.45, 7) is 3.38. The van der Waals surface area contributed by atoms with Gasteiger partial charge in [-0.2, -0.15) is 5.26 Å². The van der Waals surface area contributed by atoms with Crippen LogP contribution in [0.4, 0.5) is 0 Å². The lowest BCUT2D eigenvalue weighted by atomic mass is 10.0. The molecule has 3 heterocycles. The summed E-state index contributed by atoms with van der Waals surface area (Å²) in [5.74, 6) is 0.656. The highest BCUT2D eigenvalue weighted by Crippen LogP contribution is 2.43. The van der Waals surface area contributed by atoms with Crippen LogP contribution >= 0.6 is 0 Å². The highest BCUT2D eigenvalue weighted by molar-refractivity contribution is 5.94. The molecule has 174 valence electrons. The minimum Gasteiger partial charge on any atom is -0.336 e. The van der Waals surface area contributed by atoms with E-state index in [4.69, 9.17) is 10.2 Å². The molecule has 4 aromatic rings. The van der Waals surface area contributed by atoms with E-state index in [9.17, 15) is 4.79 Å². The number of nitrogens with zero attached hydrogens (tertiary/aromatic N) is 5. The zero-order chi connectivity index (χ0) is 23.9. The molecule has 6 nitrogen and oxygen atoms in total. The first-order valence-corrected chi connectivity index (χ1v) is 12.2. The van der Waals surface area contributed by atoms with Crippen molar-refractivity contribution in [3.63, 3.8) is 0 Å². The Labute approximate surface area is 205 Å². The van der Waals surface area contributed by atoms with E-state index in [0.717, 1.165) is 59.8 Å². The van der Waals surface area contributed by atoms with Gasteiger partial charge >= 0.3 is 0 Å². The number of likely N-dealkylation sites (N-methyl/N-ethyl adjacent to an activating group) is 1. The molecule has 0 radical (unpaired) electrons. The lowest BCUT2D eigenvalue weighted by molar-refractivity contribution is 0.0664. The van der Waals surface area contributed by atoms with Crippen LogP contribution in [0.25, 0.3) is 28.0 Å². The Morgan fingerprint density at radius 1 is 0.943 bits per heavy atom. The van der Waals surface area contributed by atoms with Crippen LogP contribution in [-0.2, 0) is 0 Å². The Balaban J connectivity index is 1.35. The fourth-order valence-corrected chi connectivity index (χ4v) is 4.89. The predicted octanol–water partition coefficient (Wildman–Crippen LogP) is 4.80. The first-order chi connectivity index (χ1) is 17.1. The minimum atomic E-state index is 0.108. The maximum Gasteiger partial charge on any atom is 0.253 e. The molecule has 1 amide bonds. The molecule has 2 aliphatic rings. The standard InChI is InChI=1S/C29H27N5O/c1-32-12-14-33(15-13-32)29(35)24-10-6-21(7-11-24)25-16-26(22-8-9-22)28-31-18-27(34(28)19-25)23-4-2-20(17-30)3-5-23/h2-7,10-11,16,18-19,22H,8-9,12-15H2,1H3. The monoisotopic (exact) mass is 461 g/mol. The summed E-state index contributed by atoms with van der Waals surface area (Å²) in [5, 5.41) is 9.14. The molecule has 1 aliphatic heterocycles. The number of carbonyl (C=O) groups is 1. The Morgan fingerprint density at radius 3 is 2.29 bits per heavy atom. The number of imidazole rings is 1. The summed E-state index contributed by atoms with van der Waals surface area (Å²) in [4.78, 5) is 21.9. The highest BCUT2D eigenvalue weighted by Gasteiger charge is 2.28. The number of pyridine rings is 1. The third-order valence-electron chi connectivity index (χ3n) is 7.22. The summed E-state index contributed by atoms with van der Waals surface area (Å²) in [6, 6.07) is 20.1. The van der Waals surface area contributed by atoms with E-state index in [1.807, 2.05) is 47.5 Å². The molecule has 0 atom stereocenters. The maximum absolute atomic E-state index is 13.0. The molecule has 0 bridgehead atoms. The second kappa shape index (κ2) is 8.68. The highest BCUT2D eigenvalue weighted by atomic mass is 16.2. The molecule has 2 aromatic carbocycles. The van der Waals surface area contributed by atoms with Crippen molar-refractivity contribution in [1.82, 2.24) is 19.2 Å². The first-order valence-electron chi connectivity index (χ1n) is 12.2.